The van der Waals surface area contributed by atoms with Gasteiger partial charge in [0.25, 0.3) is 0 Å². The van der Waals surface area contributed by atoms with Crippen LogP contribution in [0.3, 0.4) is 0 Å². The lowest BCUT2D eigenvalue weighted by molar-refractivity contribution is -0.137. The molecular weight excluding hydrogens is 606 g/mol. The Labute approximate surface area is 266 Å². The van der Waals surface area contributed by atoms with Crippen molar-refractivity contribution in [1.29, 1.82) is 5.26 Å². The molecule has 0 N–H and O–H groups in total. The van der Waals surface area contributed by atoms with Crippen LogP contribution in [0, 0.1) is 17.1 Å². The van der Waals surface area contributed by atoms with Gasteiger partial charge in [-0.1, -0.05) is 0 Å². The maximum absolute atomic E-state index is 14.3. The van der Waals surface area contributed by atoms with Crippen LogP contribution in [0.2, 0.25) is 0 Å². The van der Waals surface area contributed by atoms with Crippen molar-refractivity contribution in [2.24, 2.45) is 0 Å². The maximum atomic E-state index is 14.3. The minimum atomic E-state index is -4.67. The number of nitrogens with zero attached hydrogens (tertiary/aromatic N) is 7. The molecule has 0 saturated carbocycles. The van der Waals surface area contributed by atoms with Crippen LogP contribution < -0.4 is 14.5 Å². The van der Waals surface area contributed by atoms with Crippen LogP contribution in [0.15, 0.2) is 18.2 Å². The van der Waals surface area contributed by atoms with Gasteiger partial charge in [-0.2, -0.15) is 28.4 Å². The van der Waals surface area contributed by atoms with E-state index in [1.807, 2.05) is 11.9 Å². The van der Waals surface area contributed by atoms with Gasteiger partial charge in [0.1, 0.15) is 23.8 Å². The predicted octanol–water partition coefficient (Wildman–Crippen LogP) is 5.40. The highest BCUT2D eigenvalue weighted by molar-refractivity contribution is 5.69. The molecule has 1 aromatic carbocycles. The number of likely N-dealkylation sites (tertiary alicyclic amines) is 1. The van der Waals surface area contributed by atoms with Crippen molar-refractivity contribution >= 4 is 17.6 Å². The Morgan fingerprint density at radius 1 is 1.07 bits per heavy atom. The van der Waals surface area contributed by atoms with Crippen LogP contribution in [0.1, 0.15) is 63.3 Å². The summed E-state index contributed by atoms with van der Waals surface area (Å²) in [7, 11) is 2.03. The third-order valence-electron chi connectivity index (χ3n) is 8.67. The summed E-state index contributed by atoms with van der Waals surface area (Å²) in [6.45, 7) is 7.87. The topological polar surface area (TPSA) is 98.1 Å². The van der Waals surface area contributed by atoms with E-state index in [4.69, 9.17) is 19.4 Å². The van der Waals surface area contributed by atoms with Crippen molar-refractivity contribution in [1.82, 2.24) is 19.8 Å². The molecule has 3 aliphatic rings. The highest BCUT2D eigenvalue weighted by Crippen LogP contribution is 2.39. The summed E-state index contributed by atoms with van der Waals surface area (Å²) in [6, 6.07) is 4.51. The van der Waals surface area contributed by atoms with E-state index in [1.54, 1.807) is 25.7 Å². The van der Waals surface area contributed by atoms with Gasteiger partial charge in [-0.3, -0.25) is 0 Å². The van der Waals surface area contributed by atoms with Crippen molar-refractivity contribution < 1.29 is 31.8 Å². The molecule has 10 nitrogen and oxygen atoms in total. The second-order valence-corrected chi connectivity index (χ2v) is 13.2. The summed E-state index contributed by atoms with van der Waals surface area (Å²) < 4.78 is 68.0. The van der Waals surface area contributed by atoms with Crippen LogP contribution in [0.5, 0.6) is 6.01 Å². The first-order valence-corrected chi connectivity index (χ1v) is 15.7. The summed E-state index contributed by atoms with van der Waals surface area (Å²) in [5.41, 5.74) is -0.588. The molecule has 1 unspecified atom stereocenters. The van der Waals surface area contributed by atoms with E-state index in [-0.39, 0.29) is 43.8 Å². The smallest absolute Gasteiger partial charge is 0.418 e. The van der Waals surface area contributed by atoms with Crippen LogP contribution in [-0.4, -0.2) is 89.9 Å². The maximum Gasteiger partial charge on any atom is 0.418 e. The standard InChI is InChI=1S/C32H41F4N7O3/c1-31(2,3)46-30(44)43-16-15-42(18-22(43)11-12-37)28-24-8-6-14-41(27-17-21(33)9-10-25(27)32(34,35)36)19-26(24)38-29(39-28)45-20-23-7-5-13-40(23)4/h9-10,17,22-23H,5-8,11,13-16,18-20H2,1-4H3/t22?,23-/m0/s1. The van der Waals surface area contributed by atoms with E-state index in [0.29, 0.717) is 44.0 Å². The fraction of sp³-hybridized carbons (Fsp3) is 0.625. The number of carbonyl (C=O) groups is 1. The quantitative estimate of drug-likeness (QED) is 0.382. The number of ether oxygens (including phenoxy) is 2. The molecule has 46 heavy (non-hydrogen) atoms. The van der Waals surface area contributed by atoms with E-state index in [0.717, 1.165) is 43.1 Å². The number of nitriles is 1. The van der Waals surface area contributed by atoms with Crippen LogP contribution in [0.4, 0.5) is 33.9 Å². The average Bonchev–Trinajstić information content (AvgIpc) is 3.26. The molecule has 2 saturated heterocycles. The summed E-state index contributed by atoms with van der Waals surface area (Å²) in [6.07, 6.45) is -2.13. The number of amides is 1. The fourth-order valence-electron chi connectivity index (χ4n) is 6.38. The zero-order valence-electron chi connectivity index (χ0n) is 26.7. The van der Waals surface area contributed by atoms with Gasteiger partial charge in [0.15, 0.2) is 0 Å². The summed E-state index contributed by atoms with van der Waals surface area (Å²) in [5.74, 6) is -0.185. The molecular formula is C32H41F4N7O3. The van der Waals surface area contributed by atoms with Gasteiger partial charge in [0, 0.05) is 37.8 Å². The van der Waals surface area contributed by atoms with E-state index < -0.39 is 35.3 Å². The molecule has 4 heterocycles. The number of anilines is 2. The average molecular weight is 648 g/mol. The van der Waals surface area contributed by atoms with Gasteiger partial charge < -0.3 is 29.1 Å². The number of hydrogen-bond donors (Lipinski definition) is 0. The zero-order valence-corrected chi connectivity index (χ0v) is 26.7. The third-order valence-corrected chi connectivity index (χ3v) is 8.67. The molecule has 1 aromatic heterocycles. The number of aromatic nitrogens is 2. The van der Waals surface area contributed by atoms with Gasteiger partial charge >= 0.3 is 18.3 Å². The zero-order chi connectivity index (χ0) is 33.2. The molecule has 0 radical (unpaired) electrons. The molecule has 0 aliphatic carbocycles. The van der Waals surface area contributed by atoms with Gasteiger partial charge in [0.2, 0.25) is 0 Å². The Hall–Kier alpha value is -3.86. The molecule has 1 amide bonds. The first-order chi connectivity index (χ1) is 21.7. The number of carbonyl (C=O) groups excluding carboxylic acids is 1. The number of halogens is 4. The van der Waals surface area contributed by atoms with Crippen molar-refractivity contribution in [2.75, 3.05) is 56.2 Å². The number of hydrogen-bond acceptors (Lipinski definition) is 9. The molecule has 2 fully saturated rings. The SMILES string of the molecule is CN1CCC[C@H]1COc1nc2c(c(N3CCN(C(=O)OC(C)(C)C)C(CC#N)C3)n1)CCCN(c1cc(F)ccc1C(F)(F)F)C2. The number of likely N-dealkylation sites (N-methyl/N-ethyl adjacent to an activating group) is 1. The number of alkyl halides is 3. The molecule has 5 rings (SSSR count). The third kappa shape index (κ3) is 7.74. The first kappa shape index (κ1) is 33.5. The van der Waals surface area contributed by atoms with Crippen LogP contribution in [0.25, 0.3) is 0 Å². The van der Waals surface area contributed by atoms with Crippen LogP contribution in [-0.2, 0) is 23.9 Å². The summed E-state index contributed by atoms with van der Waals surface area (Å²) in [5, 5.41) is 9.60. The highest BCUT2D eigenvalue weighted by atomic mass is 19.4. The van der Waals surface area contributed by atoms with E-state index >= 15 is 0 Å². The second-order valence-electron chi connectivity index (χ2n) is 13.2. The van der Waals surface area contributed by atoms with E-state index in [9.17, 15) is 27.6 Å². The van der Waals surface area contributed by atoms with Crippen molar-refractivity contribution in [2.45, 2.75) is 83.3 Å². The Morgan fingerprint density at radius 2 is 1.85 bits per heavy atom. The minimum absolute atomic E-state index is 0.00340. The van der Waals surface area contributed by atoms with Crippen LogP contribution >= 0.6 is 0 Å². The fourth-order valence-corrected chi connectivity index (χ4v) is 6.38. The summed E-state index contributed by atoms with van der Waals surface area (Å²) >= 11 is 0. The Bertz CT molecular complexity index is 1460. The van der Waals surface area contributed by atoms with Crippen molar-refractivity contribution in [3.05, 3.63) is 40.8 Å². The lowest BCUT2D eigenvalue weighted by Gasteiger charge is -2.42. The lowest BCUT2D eigenvalue weighted by atomic mass is 10.1. The Morgan fingerprint density at radius 3 is 2.52 bits per heavy atom. The molecule has 0 spiro atoms. The number of fused-ring (bicyclic) bond motifs is 1. The van der Waals surface area contributed by atoms with E-state index in [1.165, 1.54) is 4.90 Å². The summed E-state index contributed by atoms with van der Waals surface area (Å²) in [4.78, 5) is 29.8. The molecule has 2 aromatic rings. The molecule has 3 aliphatic heterocycles. The largest absolute Gasteiger partial charge is 0.462 e. The van der Waals surface area contributed by atoms with E-state index in [2.05, 4.69) is 11.0 Å². The Kier molecular flexibility index (Phi) is 9.81. The Balaban J connectivity index is 1.49. The van der Waals surface area contributed by atoms with Crippen molar-refractivity contribution in [3.8, 4) is 12.1 Å². The molecule has 14 heteroatoms. The second kappa shape index (κ2) is 13.5. The predicted molar refractivity (Wildman–Crippen MR) is 163 cm³/mol. The normalized spacial score (nSPS) is 21.1. The molecule has 0 bridgehead atoms. The minimum Gasteiger partial charge on any atom is -0.462 e. The number of piperazine rings is 1. The molecule has 2 atom stereocenters. The number of rotatable bonds is 6. The van der Waals surface area contributed by atoms with Gasteiger partial charge in [-0.15, -0.1) is 0 Å². The molecule has 250 valence electrons. The monoisotopic (exact) mass is 647 g/mol. The first-order valence-electron chi connectivity index (χ1n) is 15.7. The highest BCUT2D eigenvalue weighted by Gasteiger charge is 2.38. The van der Waals surface area contributed by atoms with Gasteiger partial charge in [0.05, 0.1) is 42.0 Å². The lowest BCUT2D eigenvalue weighted by Crippen LogP contribution is -2.56. The van der Waals surface area contributed by atoms with Gasteiger partial charge in [-0.05, 0) is 78.2 Å². The van der Waals surface area contributed by atoms with Crippen molar-refractivity contribution in [3.63, 3.8) is 0 Å². The number of benzene rings is 1. The van der Waals surface area contributed by atoms with Gasteiger partial charge in [-0.25, -0.2) is 9.18 Å².